The summed E-state index contributed by atoms with van der Waals surface area (Å²) in [7, 11) is 0. The normalized spacial score (nSPS) is 16.6. The minimum Gasteiger partial charge on any atom is -0.459 e. The highest BCUT2D eigenvalue weighted by molar-refractivity contribution is 5.91. The first kappa shape index (κ1) is 17.7. The number of amides is 1. The molecule has 29 heavy (non-hydrogen) atoms. The molecule has 2 aliphatic heterocycles. The average molecular weight is 390 g/mol. The van der Waals surface area contributed by atoms with Crippen molar-refractivity contribution in [2.45, 2.75) is 12.8 Å². The van der Waals surface area contributed by atoms with Crippen LogP contribution in [-0.2, 0) is 6.42 Å². The standard InChI is InChI=1S/C21H22N6O2/c28-20(18-8-4-14-29-18)26-12-10-25(11-13-26)19-15-22-24-21(23-19)27-9-3-6-16-5-1-2-7-17(16)27/h1-2,4-5,7-8,14-15H,3,6,9-13H2. The lowest BCUT2D eigenvalue weighted by molar-refractivity contribution is 0.0714. The van der Waals surface area contributed by atoms with Crippen LogP contribution < -0.4 is 9.80 Å². The van der Waals surface area contributed by atoms with E-state index in [4.69, 9.17) is 9.40 Å². The van der Waals surface area contributed by atoms with E-state index in [0.717, 1.165) is 30.9 Å². The van der Waals surface area contributed by atoms with Crippen molar-refractivity contribution in [2.24, 2.45) is 0 Å². The quantitative estimate of drug-likeness (QED) is 0.680. The Bertz CT molecular complexity index is 998. The first-order valence-electron chi connectivity index (χ1n) is 9.92. The second-order valence-corrected chi connectivity index (χ2v) is 7.26. The van der Waals surface area contributed by atoms with Crippen molar-refractivity contribution in [1.29, 1.82) is 0 Å². The highest BCUT2D eigenvalue weighted by Crippen LogP contribution is 2.31. The molecule has 2 aromatic heterocycles. The van der Waals surface area contributed by atoms with Crippen LogP contribution in [0.25, 0.3) is 0 Å². The molecule has 1 aromatic carbocycles. The van der Waals surface area contributed by atoms with Crippen LogP contribution in [0, 0.1) is 0 Å². The summed E-state index contributed by atoms with van der Waals surface area (Å²) in [4.78, 5) is 23.4. The van der Waals surface area contributed by atoms with Gasteiger partial charge in [-0.2, -0.15) is 10.1 Å². The highest BCUT2D eigenvalue weighted by Gasteiger charge is 2.26. The first-order chi connectivity index (χ1) is 14.3. The number of nitrogens with zero attached hydrogens (tertiary/aromatic N) is 6. The summed E-state index contributed by atoms with van der Waals surface area (Å²) in [5.41, 5.74) is 2.48. The summed E-state index contributed by atoms with van der Waals surface area (Å²) in [6, 6.07) is 11.8. The van der Waals surface area contributed by atoms with E-state index in [1.807, 2.05) is 11.0 Å². The predicted octanol–water partition coefficient (Wildman–Crippen LogP) is 2.51. The van der Waals surface area contributed by atoms with Gasteiger partial charge in [-0.15, -0.1) is 5.10 Å². The molecular formula is C21H22N6O2. The number of rotatable bonds is 3. The van der Waals surface area contributed by atoms with Crippen molar-refractivity contribution in [3.05, 3.63) is 60.2 Å². The zero-order valence-electron chi connectivity index (χ0n) is 16.1. The Hall–Kier alpha value is -3.42. The van der Waals surface area contributed by atoms with E-state index in [9.17, 15) is 4.79 Å². The molecule has 0 unspecified atom stereocenters. The third-order valence-electron chi connectivity index (χ3n) is 5.51. The Kier molecular flexibility index (Phi) is 4.59. The fraction of sp³-hybridized carbons (Fsp3) is 0.333. The number of hydrogen-bond acceptors (Lipinski definition) is 7. The maximum atomic E-state index is 12.5. The number of benzene rings is 1. The summed E-state index contributed by atoms with van der Waals surface area (Å²) >= 11 is 0. The molecule has 0 spiro atoms. The van der Waals surface area contributed by atoms with Gasteiger partial charge in [0.1, 0.15) is 0 Å². The molecule has 5 rings (SSSR count). The molecule has 0 radical (unpaired) electrons. The zero-order chi connectivity index (χ0) is 19.6. The number of para-hydroxylation sites is 1. The molecule has 0 atom stereocenters. The monoisotopic (exact) mass is 390 g/mol. The fourth-order valence-corrected chi connectivity index (χ4v) is 3.99. The van der Waals surface area contributed by atoms with Gasteiger partial charge in [-0.05, 0) is 36.6 Å². The molecule has 2 aliphatic rings. The molecule has 148 valence electrons. The Morgan fingerprint density at radius 1 is 1.00 bits per heavy atom. The summed E-state index contributed by atoms with van der Waals surface area (Å²) in [6.45, 7) is 3.51. The van der Waals surface area contributed by atoms with Crippen molar-refractivity contribution in [2.75, 3.05) is 42.5 Å². The number of carbonyl (C=O) groups excluding carboxylic acids is 1. The smallest absolute Gasteiger partial charge is 0.289 e. The van der Waals surface area contributed by atoms with Gasteiger partial charge >= 0.3 is 0 Å². The topological polar surface area (TPSA) is 78.6 Å². The summed E-state index contributed by atoms with van der Waals surface area (Å²) in [5, 5.41) is 8.51. The number of furan rings is 1. The number of carbonyl (C=O) groups is 1. The van der Waals surface area contributed by atoms with Crippen LogP contribution in [0.15, 0.2) is 53.3 Å². The van der Waals surface area contributed by atoms with Gasteiger partial charge in [0.25, 0.3) is 11.9 Å². The Labute approximate surface area is 168 Å². The van der Waals surface area contributed by atoms with Crippen LogP contribution in [0.3, 0.4) is 0 Å². The van der Waals surface area contributed by atoms with Crippen molar-refractivity contribution >= 4 is 23.4 Å². The van der Waals surface area contributed by atoms with Gasteiger partial charge < -0.3 is 19.1 Å². The zero-order valence-corrected chi connectivity index (χ0v) is 16.1. The van der Waals surface area contributed by atoms with Gasteiger partial charge in [0.05, 0.1) is 12.5 Å². The summed E-state index contributed by atoms with van der Waals surface area (Å²) < 4.78 is 5.23. The Balaban J connectivity index is 1.31. The SMILES string of the molecule is O=C(c1ccco1)N1CCN(c2cnnc(N3CCCc4ccccc43)n2)CC1. The lowest BCUT2D eigenvalue weighted by Gasteiger charge is -2.35. The number of anilines is 3. The van der Waals surface area contributed by atoms with Crippen molar-refractivity contribution in [3.63, 3.8) is 0 Å². The average Bonchev–Trinajstić information content (AvgIpc) is 3.33. The van der Waals surface area contributed by atoms with Crippen LogP contribution in [0.2, 0.25) is 0 Å². The molecule has 1 amide bonds. The van der Waals surface area contributed by atoms with Crippen molar-refractivity contribution in [3.8, 4) is 0 Å². The van der Waals surface area contributed by atoms with Gasteiger partial charge in [-0.25, -0.2) is 0 Å². The van der Waals surface area contributed by atoms with Gasteiger partial charge in [0.15, 0.2) is 11.6 Å². The van der Waals surface area contributed by atoms with Crippen molar-refractivity contribution < 1.29 is 9.21 Å². The Morgan fingerprint density at radius 3 is 2.69 bits per heavy atom. The second kappa shape index (κ2) is 7.54. The van der Waals surface area contributed by atoms with E-state index in [1.165, 1.54) is 11.8 Å². The van der Waals surface area contributed by atoms with Gasteiger partial charge in [-0.1, -0.05) is 18.2 Å². The molecule has 4 heterocycles. The molecule has 8 nitrogen and oxygen atoms in total. The molecular weight excluding hydrogens is 368 g/mol. The maximum Gasteiger partial charge on any atom is 0.289 e. The van der Waals surface area contributed by atoms with E-state index in [2.05, 4.69) is 38.2 Å². The van der Waals surface area contributed by atoms with E-state index in [1.54, 1.807) is 18.3 Å². The number of fused-ring (bicyclic) bond motifs is 1. The second-order valence-electron chi connectivity index (χ2n) is 7.26. The number of aromatic nitrogens is 3. The largest absolute Gasteiger partial charge is 0.459 e. The van der Waals surface area contributed by atoms with E-state index >= 15 is 0 Å². The van der Waals surface area contributed by atoms with Crippen LogP contribution in [0.5, 0.6) is 0 Å². The van der Waals surface area contributed by atoms with Crippen LogP contribution in [0.4, 0.5) is 17.5 Å². The third kappa shape index (κ3) is 3.41. The molecule has 0 saturated carbocycles. The number of hydrogen-bond donors (Lipinski definition) is 0. The molecule has 0 N–H and O–H groups in total. The summed E-state index contributed by atoms with van der Waals surface area (Å²) in [5.74, 6) is 1.74. The van der Waals surface area contributed by atoms with E-state index < -0.39 is 0 Å². The molecule has 0 aliphatic carbocycles. The molecule has 1 saturated heterocycles. The minimum absolute atomic E-state index is 0.0684. The number of piperazine rings is 1. The maximum absolute atomic E-state index is 12.5. The predicted molar refractivity (Wildman–Crippen MR) is 108 cm³/mol. The van der Waals surface area contributed by atoms with Gasteiger partial charge in [0, 0.05) is 38.4 Å². The molecule has 3 aromatic rings. The first-order valence-corrected chi connectivity index (χ1v) is 9.92. The third-order valence-corrected chi connectivity index (χ3v) is 5.51. The fourth-order valence-electron chi connectivity index (χ4n) is 3.99. The summed E-state index contributed by atoms with van der Waals surface area (Å²) in [6.07, 6.45) is 5.36. The minimum atomic E-state index is -0.0684. The molecule has 1 fully saturated rings. The molecule has 8 heteroatoms. The lowest BCUT2D eigenvalue weighted by Crippen LogP contribution is -2.49. The van der Waals surface area contributed by atoms with Gasteiger partial charge in [-0.3, -0.25) is 4.79 Å². The van der Waals surface area contributed by atoms with Crippen LogP contribution in [-0.4, -0.2) is 58.7 Å². The highest BCUT2D eigenvalue weighted by atomic mass is 16.3. The Morgan fingerprint density at radius 2 is 1.86 bits per heavy atom. The van der Waals surface area contributed by atoms with Crippen molar-refractivity contribution in [1.82, 2.24) is 20.1 Å². The van der Waals surface area contributed by atoms with E-state index in [0.29, 0.717) is 37.9 Å². The van der Waals surface area contributed by atoms with Crippen LogP contribution in [0.1, 0.15) is 22.5 Å². The van der Waals surface area contributed by atoms with Crippen LogP contribution >= 0.6 is 0 Å². The van der Waals surface area contributed by atoms with Gasteiger partial charge in [0.2, 0.25) is 0 Å². The van der Waals surface area contributed by atoms with E-state index in [-0.39, 0.29) is 5.91 Å². The molecule has 0 bridgehead atoms. The lowest BCUT2D eigenvalue weighted by atomic mass is 10.0. The number of aryl methyl sites for hydroxylation is 1.